The van der Waals surface area contributed by atoms with Gasteiger partial charge in [-0.1, -0.05) is 28.9 Å². The Balaban J connectivity index is 1.40. The summed E-state index contributed by atoms with van der Waals surface area (Å²) in [4.78, 5) is 36.9. The van der Waals surface area contributed by atoms with E-state index in [1.807, 2.05) is 28.0 Å². The molecule has 1 atom stereocenters. The summed E-state index contributed by atoms with van der Waals surface area (Å²) in [6.07, 6.45) is 1.69. The third kappa shape index (κ3) is 4.20. The fraction of sp³-hybridized carbons (Fsp3) is 0.476. The highest BCUT2D eigenvalue weighted by Gasteiger charge is 2.30. The SMILES string of the molecule is O=C(N1CCOCC1)N1CCCC(c2nc3c(nnn3Cc3cccc(Cl)c3)c(=O)[nH]2)C1. The van der Waals surface area contributed by atoms with Crippen molar-refractivity contribution in [2.75, 3.05) is 39.4 Å². The number of rotatable bonds is 3. The Labute approximate surface area is 189 Å². The van der Waals surface area contributed by atoms with Crippen molar-refractivity contribution >= 4 is 28.8 Å². The van der Waals surface area contributed by atoms with Crippen molar-refractivity contribution in [1.29, 1.82) is 0 Å². The van der Waals surface area contributed by atoms with Crippen molar-refractivity contribution in [3.8, 4) is 0 Å². The number of amides is 2. The van der Waals surface area contributed by atoms with E-state index in [0.29, 0.717) is 62.4 Å². The number of nitrogens with one attached hydrogen (secondary N) is 1. The Morgan fingerprint density at radius 1 is 1.22 bits per heavy atom. The molecule has 2 amide bonds. The molecule has 1 unspecified atom stereocenters. The lowest BCUT2D eigenvalue weighted by atomic mass is 9.97. The summed E-state index contributed by atoms with van der Waals surface area (Å²) in [5.74, 6) is 0.511. The average molecular weight is 458 g/mol. The second-order valence-corrected chi connectivity index (χ2v) is 8.60. The predicted octanol–water partition coefficient (Wildman–Crippen LogP) is 1.85. The van der Waals surface area contributed by atoms with Gasteiger partial charge in [-0.3, -0.25) is 4.79 Å². The fourth-order valence-electron chi connectivity index (χ4n) is 4.32. The molecule has 0 bridgehead atoms. The van der Waals surface area contributed by atoms with E-state index in [1.54, 1.807) is 10.7 Å². The molecule has 0 spiro atoms. The zero-order chi connectivity index (χ0) is 22.1. The normalized spacial score (nSPS) is 19.5. The van der Waals surface area contributed by atoms with Crippen LogP contribution >= 0.6 is 11.6 Å². The molecular weight excluding hydrogens is 434 g/mol. The van der Waals surface area contributed by atoms with E-state index in [1.165, 1.54) is 0 Å². The van der Waals surface area contributed by atoms with Crippen LogP contribution in [0.4, 0.5) is 4.79 Å². The molecule has 1 aromatic carbocycles. The molecule has 2 aromatic heterocycles. The fourth-order valence-corrected chi connectivity index (χ4v) is 4.53. The van der Waals surface area contributed by atoms with Crippen LogP contribution in [0.2, 0.25) is 5.02 Å². The van der Waals surface area contributed by atoms with E-state index in [2.05, 4.69) is 15.3 Å². The Bertz CT molecular complexity index is 1190. The van der Waals surface area contributed by atoms with Crippen molar-refractivity contribution in [3.05, 3.63) is 51.0 Å². The van der Waals surface area contributed by atoms with Gasteiger partial charge in [-0.05, 0) is 30.5 Å². The zero-order valence-electron chi connectivity index (χ0n) is 17.5. The maximum absolute atomic E-state index is 12.9. The van der Waals surface area contributed by atoms with Crippen LogP contribution < -0.4 is 5.56 Å². The highest BCUT2D eigenvalue weighted by molar-refractivity contribution is 6.30. The van der Waals surface area contributed by atoms with Gasteiger partial charge in [-0.25, -0.2) is 14.5 Å². The second-order valence-electron chi connectivity index (χ2n) is 8.17. The zero-order valence-corrected chi connectivity index (χ0v) is 18.3. The summed E-state index contributed by atoms with van der Waals surface area (Å²) in [6, 6.07) is 7.47. The molecule has 0 saturated carbocycles. The number of hydrogen-bond donors (Lipinski definition) is 1. The van der Waals surface area contributed by atoms with E-state index in [9.17, 15) is 9.59 Å². The summed E-state index contributed by atoms with van der Waals surface area (Å²) in [5, 5.41) is 8.78. The van der Waals surface area contributed by atoms with Crippen LogP contribution in [0.25, 0.3) is 11.2 Å². The molecule has 10 nitrogen and oxygen atoms in total. The standard InChI is InChI=1S/C21H24ClN7O3/c22-16-5-1-3-14(11-16)12-29-19-17(25-26-29)20(30)24-18(23-19)15-4-2-6-28(13-15)21(31)27-7-9-32-10-8-27/h1,3,5,11,15H,2,4,6-10,12-13H2,(H,23,24,30). The molecule has 2 aliphatic heterocycles. The van der Waals surface area contributed by atoms with E-state index < -0.39 is 0 Å². The topological polar surface area (TPSA) is 109 Å². The number of ether oxygens (including phenoxy) is 1. The van der Waals surface area contributed by atoms with E-state index in [0.717, 1.165) is 18.4 Å². The van der Waals surface area contributed by atoms with Crippen molar-refractivity contribution in [3.63, 3.8) is 0 Å². The van der Waals surface area contributed by atoms with Gasteiger partial charge in [0.2, 0.25) is 0 Å². The van der Waals surface area contributed by atoms with Crippen LogP contribution in [-0.2, 0) is 11.3 Å². The number of likely N-dealkylation sites (tertiary alicyclic amines) is 1. The van der Waals surface area contributed by atoms with E-state index in [4.69, 9.17) is 21.3 Å². The van der Waals surface area contributed by atoms with Gasteiger partial charge in [0, 0.05) is 37.1 Å². The highest BCUT2D eigenvalue weighted by Crippen LogP contribution is 2.25. The van der Waals surface area contributed by atoms with E-state index in [-0.39, 0.29) is 23.0 Å². The van der Waals surface area contributed by atoms with E-state index >= 15 is 0 Å². The minimum atomic E-state index is -0.320. The minimum absolute atomic E-state index is 0.0223. The molecule has 5 rings (SSSR count). The number of piperidine rings is 1. The smallest absolute Gasteiger partial charge is 0.320 e. The van der Waals surface area contributed by atoms with Crippen molar-refractivity contribution < 1.29 is 9.53 Å². The number of urea groups is 1. The average Bonchev–Trinajstić information content (AvgIpc) is 3.22. The second kappa shape index (κ2) is 8.87. The van der Waals surface area contributed by atoms with Crippen LogP contribution in [0.5, 0.6) is 0 Å². The molecule has 2 aliphatic rings. The minimum Gasteiger partial charge on any atom is -0.378 e. The number of morpholine rings is 1. The maximum Gasteiger partial charge on any atom is 0.320 e. The molecule has 3 aromatic rings. The molecule has 11 heteroatoms. The number of aromatic nitrogens is 5. The van der Waals surface area contributed by atoms with Gasteiger partial charge >= 0.3 is 6.03 Å². The first-order valence-corrected chi connectivity index (χ1v) is 11.2. The van der Waals surface area contributed by atoms with Gasteiger partial charge in [-0.2, -0.15) is 0 Å². The number of H-pyrrole nitrogens is 1. The monoisotopic (exact) mass is 457 g/mol. The lowest BCUT2D eigenvalue weighted by Gasteiger charge is -2.37. The van der Waals surface area contributed by atoms with Crippen LogP contribution in [-0.4, -0.2) is 80.2 Å². The summed E-state index contributed by atoms with van der Waals surface area (Å²) >= 11 is 6.09. The largest absolute Gasteiger partial charge is 0.378 e. The number of fused-ring (bicyclic) bond motifs is 1. The third-order valence-electron chi connectivity index (χ3n) is 5.97. The Hall–Kier alpha value is -2.98. The lowest BCUT2D eigenvalue weighted by molar-refractivity contribution is 0.0407. The Kier molecular flexibility index (Phi) is 5.79. The van der Waals surface area contributed by atoms with Crippen molar-refractivity contribution in [1.82, 2.24) is 34.8 Å². The maximum atomic E-state index is 12.9. The number of benzene rings is 1. The summed E-state index contributed by atoms with van der Waals surface area (Å²) < 4.78 is 6.96. The molecule has 4 heterocycles. The molecule has 2 saturated heterocycles. The molecule has 0 radical (unpaired) electrons. The van der Waals surface area contributed by atoms with Gasteiger partial charge in [0.1, 0.15) is 5.82 Å². The van der Waals surface area contributed by atoms with Gasteiger partial charge in [-0.15, -0.1) is 5.10 Å². The molecule has 0 aliphatic carbocycles. The first-order chi connectivity index (χ1) is 15.6. The highest BCUT2D eigenvalue weighted by atomic mass is 35.5. The molecule has 2 fully saturated rings. The summed E-state index contributed by atoms with van der Waals surface area (Å²) in [5.41, 5.74) is 1.25. The molecule has 1 N–H and O–H groups in total. The van der Waals surface area contributed by atoms with Crippen molar-refractivity contribution in [2.45, 2.75) is 25.3 Å². The molecule has 32 heavy (non-hydrogen) atoms. The van der Waals surface area contributed by atoms with Crippen molar-refractivity contribution in [2.24, 2.45) is 0 Å². The number of nitrogens with zero attached hydrogens (tertiary/aromatic N) is 6. The Morgan fingerprint density at radius 2 is 2.06 bits per heavy atom. The van der Waals surface area contributed by atoms with Gasteiger partial charge < -0.3 is 19.5 Å². The third-order valence-corrected chi connectivity index (χ3v) is 6.21. The molecular formula is C21H24ClN7O3. The van der Waals surface area contributed by atoms with Gasteiger partial charge in [0.05, 0.1) is 19.8 Å². The predicted molar refractivity (Wildman–Crippen MR) is 118 cm³/mol. The summed E-state index contributed by atoms with van der Waals surface area (Å²) in [7, 11) is 0. The van der Waals surface area contributed by atoms with Gasteiger partial charge in [0.25, 0.3) is 5.56 Å². The first kappa shape index (κ1) is 20.9. The molecule has 168 valence electrons. The van der Waals surface area contributed by atoms with Crippen LogP contribution in [0.1, 0.15) is 30.1 Å². The quantitative estimate of drug-likeness (QED) is 0.642. The van der Waals surface area contributed by atoms with Crippen LogP contribution in [0.15, 0.2) is 29.1 Å². The van der Waals surface area contributed by atoms with Crippen LogP contribution in [0.3, 0.4) is 0 Å². The van der Waals surface area contributed by atoms with Gasteiger partial charge in [0.15, 0.2) is 11.2 Å². The number of halogens is 1. The number of aromatic amines is 1. The number of hydrogen-bond acceptors (Lipinski definition) is 6. The van der Waals surface area contributed by atoms with Crippen LogP contribution in [0, 0.1) is 0 Å². The number of carbonyl (C=O) groups is 1. The summed E-state index contributed by atoms with van der Waals surface area (Å²) in [6.45, 7) is 3.97. The number of carbonyl (C=O) groups excluding carboxylic acids is 1. The lowest BCUT2D eigenvalue weighted by Crippen LogP contribution is -2.50. The Morgan fingerprint density at radius 3 is 2.88 bits per heavy atom. The first-order valence-electron chi connectivity index (χ1n) is 10.8.